The van der Waals surface area contributed by atoms with Crippen LogP contribution >= 0.6 is 23.7 Å². The molecule has 2 rings (SSSR count). The molecule has 0 atom stereocenters. The minimum Gasteiger partial charge on any atom is -0.497 e. The summed E-state index contributed by atoms with van der Waals surface area (Å²) in [6.45, 7) is 0.648. The summed E-state index contributed by atoms with van der Waals surface area (Å²) in [5.41, 5.74) is 7.62. The predicted octanol–water partition coefficient (Wildman–Crippen LogP) is 2.74. The molecule has 2 N–H and O–H groups in total. The summed E-state index contributed by atoms with van der Waals surface area (Å²) in [5, 5.41) is 3.15. The average Bonchev–Trinajstić information content (AvgIpc) is 2.78. The van der Waals surface area contributed by atoms with E-state index < -0.39 is 0 Å². The molecule has 0 unspecified atom stereocenters. The van der Waals surface area contributed by atoms with Crippen LogP contribution in [0.2, 0.25) is 0 Å². The highest BCUT2D eigenvalue weighted by atomic mass is 35.5. The van der Waals surface area contributed by atoms with Crippen molar-refractivity contribution in [2.45, 2.75) is 6.42 Å². The third-order valence-corrected chi connectivity index (χ3v) is 3.20. The van der Waals surface area contributed by atoms with E-state index in [0.717, 1.165) is 28.4 Å². The van der Waals surface area contributed by atoms with Gasteiger partial charge in [-0.1, -0.05) is 0 Å². The Balaban J connectivity index is 0.00000144. The first-order chi connectivity index (χ1) is 7.83. The van der Waals surface area contributed by atoms with Crippen LogP contribution in [0.4, 0.5) is 0 Å². The zero-order valence-corrected chi connectivity index (χ0v) is 11.2. The Hall–Kier alpha value is -1.10. The molecule has 0 aliphatic heterocycles. The first-order valence-electron chi connectivity index (χ1n) is 5.12. The first kappa shape index (κ1) is 14.0. The van der Waals surface area contributed by atoms with Crippen LogP contribution in [0.15, 0.2) is 29.6 Å². The lowest BCUT2D eigenvalue weighted by molar-refractivity contribution is 0.415. The maximum Gasteiger partial charge on any atom is 0.118 e. The van der Waals surface area contributed by atoms with E-state index >= 15 is 0 Å². The Morgan fingerprint density at radius 2 is 2.00 bits per heavy atom. The third kappa shape index (κ3) is 3.43. The second-order valence-corrected chi connectivity index (χ2v) is 4.34. The Morgan fingerprint density at radius 3 is 2.59 bits per heavy atom. The molecule has 2 aromatic rings. The van der Waals surface area contributed by atoms with Crippen molar-refractivity contribution in [3.05, 3.63) is 34.7 Å². The molecule has 0 radical (unpaired) electrons. The molecule has 0 spiro atoms. The Kier molecular flexibility index (Phi) is 5.41. The van der Waals surface area contributed by atoms with Crippen molar-refractivity contribution in [1.82, 2.24) is 4.98 Å². The van der Waals surface area contributed by atoms with Gasteiger partial charge in [-0.3, -0.25) is 0 Å². The maximum atomic E-state index is 5.50. The first-order valence-corrected chi connectivity index (χ1v) is 6.00. The zero-order chi connectivity index (χ0) is 11.4. The van der Waals surface area contributed by atoms with Crippen LogP contribution in [0.5, 0.6) is 5.75 Å². The fourth-order valence-corrected chi connectivity index (χ4v) is 2.27. The second kappa shape index (κ2) is 6.59. The van der Waals surface area contributed by atoms with Gasteiger partial charge >= 0.3 is 0 Å². The Bertz CT molecular complexity index is 456. The van der Waals surface area contributed by atoms with Crippen molar-refractivity contribution < 1.29 is 4.74 Å². The maximum absolute atomic E-state index is 5.50. The van der Waals surface area contributed by atoms with Gasteiger partial charge in [0, 0.05) is 17.4 Å². The Labute approximate surface area is 111 Å². The second-order valence-electron chi connectivity index (χ2n) is 3.39. The molecular formula is C12H15ClN2OS. The molecule has 5 heteroatoms. The van der Waals surface area contributed by atoms with Crippen LogP contribution < -0.4 is 10.5 Å². The number of aromatic nitrogens is 1. The van der Waals surface area contributed by atoms with Crippen molar-refractivity contribution in [3.63, 3.8) is 0 Å². The number of hydrogen-bond donors (Lipinski definition) is 1. The van der Waals surface area contributed by atoms with Crippen LogP contribution in [-0.4, -0.2) is 18.6 Å². The van der Waals surface area contributed by atoms with Gasteiger partial charge in [0.15, 0.2) is 0 Å². The van der Waals surface area contributed by atoms with Crippen molar-refractivity contribution >= 4 is 23.7 Å². The number of nitrogens with two attached hydrogens (primary N) is 1. The topological polar surface area (TPSA) is 48.1 Å². The van der Waals surface area contributed by atoms with Gasteiger partial charge in [-0.2, -0.15) is 0 Å². The Morgan fingerprint density at radius 1 is 1.29 bits per heavy atom. The molecule has 1 heterocycles. The quantitative estimate of drug-likeness (QED) is 0.929. The van der Waals surface area contributed by atoms with Crippen molar-refractivity contribution in [2.24, 2.45) is 5.73 Å². The normalized spacial score (nSPS) is 9.76. The number of thiazole rings is 1. The number of ether oxygens (including phenoxy) is 1. The van der Waals surface area contributed by atoms with E-state index in [1.807, 2.05) is 24.3 Å². The van der Waals surface area contributed by atoms with Crippen LogP contribution in [0.1, 0.15) is 5.01 Å². The van der Waals surface area contributed by atoms with Crippen LogP contribution in [-0.2, 0) is 6.42 Å². The van der Waals surface area contributed by atoms with E-state index in [0.29, 0.717) is 6.54 Å². The highest BCUT2D eigenvalue weighted by molar-refractivity contribution is 7.09. The SMILES string of the molecule is COc1ccc(-c2csc(CCN)n2)cc1.Cl. The predicted molar refractivity (Wildman–Crippen MR) is 74.1 cm³/mol. The molecule has 1 aromatic carbocycles. The van der Waals surface area contributed by atoms with Gasteiger partial charge in [-0.25, -0.2) is 4.98 Å². The minimum absolute atomic E-state index is 0. The van der Waals surface area contributed by atoms with Gasteiger partial charge in [-0.05, 0) is 30.8 Å². The van der Waals surface area contributed by atoms with Crippen molar-refractivity contribution in [3.8, 4) is 17.0 Å². The van der Waals surface area contributed by atoms with Crippen molar-refractivity contribution in [2.75, 3.05) is 13.7 Å². The molecule has 17 heavy (non-hydrogen) atoms. The molecule has 0 bridgehead atoms. The van der Waals surface area contributed by atoms with Gasteiger partial charge in [0.25, 0.3) is 0 Å². The molecular weight excluding hydrogens is 256 g/mol. The zero-order valence-electron chi connectivity index (χ0n) is 9.55. The van der Waals surface area contributed by atoms with Gasteiger partial charge in [0.1, 0.15) is 5.75 Å². The van der Waals surface area contributed by atoms with Gasteiger partial charge in [-0.15, -0.1) is 23.7 Å². The summed E-state index contributed by atoms with van der Waals surface area (Å²) in [4.78, 5) is 4.52. The number of halogens is 1. The van der Waals surface area contributed by atoms with Crippen LogP contribution in [0.3, 0.4) is 0 Å². The number of methoxy groups -OCH3 is 1. The summed E-state index contributed by atoms with van der Waals surface area (Å²) >= 11 is 1.66. The molecule has 0 amide bonds. The fraction of sp³-hybridized carbons (Fsp3) is 0.250. The fourth-order valence-electron chi connectivity index (χ4n) is 1.44. The monoisotopic (exact) mass is 270 g/mol. The van der Waals surface area contributed by atoms with E-state index in [1.54, 1.807) is 18.4 Å². The van der Waals surface area contributed by atoms with Gasteiger partial charge in [0.05, 0.1) is 17.8 Å². The van der Waals surface area contributed by atoms with E-state index in [4.69, 9.17) is 10.5 Å². The molecule has 1 aromatic heterocycles. The molecule has 0 aliphatic carbocycles. The smallest absolute Gasteiger partial charge is 0.118 e. The molecule has 0 fully saturated rings. The molecule has 92 valence electrons. The van der Waals surface area contributed by atoms with E-state index in [2.05, 4.69) is 10.4 Å². The standard InChI is InChI=1S/C12H14N2OS.ClH/c1-15-10-4-2-9(3-5-10)11-8-16-12(14-11)6-7-13;/h2-5,8H,6-7,13H2,1H3;1H. The van der Waals surface area contributed by atoms with E-state index in [9.17, 15) is 0 Å². The van der Waals surface area contributed by atoms with E-state index in [-0.39, 0.29) is 12.4 Å². The number of rotatable bonds is 4. The minimum atomic E-state index is 0. The average molecular weight is 271 g/mol. The summed E-state index contributed by atoms with van der Waals surface area (Å²) in [6.07, 6.45) is 0.848. The summed E-state index contributed by atoms with van der Waals surface area (Å²) in [6, 6.07) is 7.91. The van der Waals surface area contributed by atoms with Crippen LogP contribution in [0.25, 0.3) is 11.3 Å². The third-order valence-electron chi connectivity index (χ3n) is 2.30. The lowest BCUT2D eigenvalue weighted by Crippen LogP contribution is -2.01. The van der Waals surface area contributed by atoms with Crippen molar-refractivity contribution in [1.29, 1.82) is 0 Å². The number of nitrogens with zero attached hydrogens (tertiary/aromatic N) is 1. The lowest BCUT2D eigenvalue weighted by atomic mass is 10.2. The van der Waals surface area contributed by atoms with Gasteiger partial charge in [0.2, 0.25) is 0 Å². The molecule has 0 saturated carbocycles. The van der Waals surface area contributed by atoms with E-state index in [1.165, 1.54) is 0 Å². The lowest BCUT2D eigenvalue weighted by Gasteiger charge is -2.00. The summed E-state index contributed by atoms with van der Waals surface area (Å²) in [7, 11) is 1.66. The highest BCUT2D eigenvalue weighted by Gasteiger charge is 2.03. The summed E-state index contributed by atoms with van der Waals surface area (Å²) in [5.74, 6) is 0.862. The van der Waals surface area contributed by atoms with Gasteiger partial charge < -0.3 is 10.5 Å². The molecule has 0 saturated heterocycles. The number of hydrogen-bond acceptors (Lipinski definition) is 4. The molecule has 0 aliphatic rings. The largest absolute Gasteiger partial charge is 0.497 e. The van der Waals surface area contributed by atoms with Crippen LogP contribution in [0, 0.1) is 0 Å². The number of benzene rings is 1. The highest BCUT2D eigenvalue weighted by Crippen LogP contribution is 2.24. The molecule has 3 nitrogen and oxygen atoms in total. The summed E-state index contributed by atoms with van der Waals surface area (Å²) < 4.78 is 5.11.